The van der Waals surface area contributed by atoms with E-state index in [-0.39, 0.29) is 6.04 Å². The molecule has 86 valence electrons. The molecule has 0 saturated heterocycles. The minimum Gasteiger partial charge on any atom is -0.361 e. The fourth-order valence-corrected chi connectivity index (χ4v) is 1.87. The summed E-state index contributed by atoms with van der Waals surface area (Å²) < 4.78 is 0. The van der Waals surface area contributed by atoms with Crippen molar-refractivity contribution in [2.75, 3.05) is 6.54 Å². The first kappa shape index (κ1) is 11.2. The lowest BCUT2D eigenvalue weighted by Gasteiger charge is -2.14. The lowest BCUT2D eigenvalue weighted by atomic mass is 10.1. The molecule has 0 amide bonds. The van der Waals surface area contributed by atoms with Crippen LogP contribution in [0, 0.1) is 0 Å². The number of H-pyrrole nitrogens is 1. The van der Waals surface area contributed by atoms with Gasteiger partial charge in [-0.15, -0.1) is 0 Å². The highest BCUT2D eigenvalue weighted by molar-refractivity contribution is 5.83. The first-order valence-electron chi connectivity index (χ1n) is 5.73. The van der Waals surface area contributed by atoms with Crippen molar-refractivity contribution in [3.63, 3.8) is 0 Å². The van der Waals surface area contributed by atoms with E-state index in [0.29, 0.717) is 6.04 Å². The third-order valence-corrected chi connectivity index (χ3v) is 2.77. The van der Waals surface area contributed by atoms with Crippen LogP contribution in [0.25, 0.3) is 10.9 Å². The fourth-order valence-electron chi connectivity index (χ4n) is 1.87. The van der Waals surface area contributed by atoms with E-state index < -0.39 is 0 Å². The van der Waals surface area contributed by atoms with E-state index in [1.807, 2.05) is 18.3 Å². The van der Waals surface area contributed by atoms with E-state index >= 15 is 0 Å². The van der Waals surface area contributed by atoms with Crippen LogP contribution in [0.1, 0.15) is 25.5 Å². The topological polar surface area (TPSA) is 53.8 Å². The molecule has 2 rings (SSSR count). The summed E-state index contributed by atoms with van der Waals surface area (Å²) in [4.78, 5) is 3.25. The zero-order valence-corrected chi connectivity index (χ0v) is 9.83. The minimum atomic E-state index is 0.0403. The van der Waals surface area contributed by atoms with Gasteiger partial charge in [-0.25, -0.2) is 0 Å². The van der Waals surface area contributed by atoms with Gasteiger partial charge < -0.3 is 16.0 Å². The molecule has 0 radical (unpaired) electrons. The number of hydrogen-bond acceptors (Lipinski definition) is 2. The quantitative estimate of drug-likeness (QED) is 0.735. The fraction of sp³-hybridized carbons (Fsp3) is 0.385. The van der Waals surface area contributed by atoms with E-state index in [1.54, 1.807) is 0 Å². The molecule has 0 aliphatic heterocycles. The van der Waals surface area contributed by atoms with E-state index in [2.05, 4.69) is 36.3 Å². The van der Waals surface area contributed by atoms with Gasteiger partial charge in [-0.2, -0.15) is 0 Å². The number of benzene rings is 1. The Labute approximate surface area is 96.0 Å². The molecule has 0 aliphatic carbocycles. The van der Waals surface area contributed by atoms with Crippen molar-refractivity contribution in [3.05, 3.63) is 36.0 Å². The predicted octanol–water partition coefficient (Wildman–Crippen LogP) is 2.17. The van der Waals surface area contributed by atoms with Gasteiger partial charge in [0.25, 0.3) is 0 Å². The summed E-state index contributed by atoms with van der Waals surface area (Å²) in [5.41, 5.74) is 8.51. The van der Waals surface area contributed by atoms with Gasteiger partial charge in [0.05, 0.1) is 0 Å². The third-order valence-electron chi connectivity index (χ3n) is 2.77. The molecule has 2 aromatic rings. The highest BCUT2D eigenvalue weighted by Crippen LogP contribution is 2.22. The van der Waals surface area contributed by atoms with Gasteiger partial charge in [0.15, 0.2) is 0 Å². The molecular weight excluding hydrogens is 198 g/mol. The molecule has 16 heavy (non-hydrogen) atoms. The second-order valence-corrected chi connectivity index (χ2v) is 4.46. The van der Waals surface area contributed by atoms with Crippen LogP contribution in [0.5, 0.6) is 0 Å². The lowest BCUT2D eigenvalue weighted by molar-refractivity contribution is 0.539. The summed E-state index contributed by atoms with van der Waals surface area (Å²) >= 11 is 0. The van der Waals surface area contributed by atoms with Crippen molar-refractivity contribution < 1.29 is 0 Å². The number of aromatic amines is 1. The summed E-state index contributed by atoms with van der Waals surface area (Å²) in [7, 11) is 0. The molecule has 0 saturated carbocycles. The highest BCUT2D eigenvalue weighted by atomic mass is 14.9. The second-order valence-electron chi connectivity index (χ2n) is 4.46. The largest absolute Gasteiger partial charge is 0.361 e. The molecule has 1 aromatic heterocycles. The summed E-state index contributed by atoms with van der Waals surface area (Å²) in [6.45, 7) is 5.06. The van der Waals surface area contributed by atoms with Crippen LogP contribution in [0.3, 0.4) is 0 Å². The molecule has 0 bridgehead atoms. The SMILES string of the molecule is CC(C)NCC(N)c1c[nH]c2ccccc12. The van der Waals surface area contributed by atoms with E-state index in [9.17, 15) is 0 Å². The molecular formula is C13H19N3. The van der Waals surface area contributed by atoms with Crippen LogP contribution in [-0.4, -0.2) is 17.6 Å². The maximum absolute atomic E-state index is 6.17. The van der Waals surface area contributed by atoms with Crippen LogP contribution in [0.4, 0.5) is 0 Å². The van der Waals surface area contributed by atoms with Crippen molar-refractivity contribution in [2.45, 2.75) is 25.9 Å². The van der Waals surface area contributed by atoms with Crippen molar-refractivity contribution in [1.82, 2.24) is 10.3 Å². The number of aromatic nitrogens is 1. The van der Waals surface area contributed by atoms with Crippen molar-refractivity contribution in [3.8, 4) is 0 Å². The zero-order valence-electron chi connectivity index (χ0n) is 9.83. The maximum atomic E-state index is 6.17. The summed E-state index contributed by atoms with van der Waals surface area (Å²) in [5, 5.41) is 4.58. The first-order valence-corrected chi connectivity index (χ1v) is 5.73. The Hall–Kier alpha value is -1.32. The van der Waals surface area contributed by atoms with Crippen molar-refractivity contribution in [1.29, 1.82) is 0 Å². The van der Waals surface area contributed by atoms with Crippen molar-refractivity contribution in [2.24, 2.45) is 5.73 Å². The van der Waals surface area contributed by atoms with Crippen LogP contribution in [-0.2, 0) is 0 Å². The molecule has 1 unspecified atom stereocenters. The average Bonchev–Trinajstić information content (AvgIpc) is 2.69. The number of rotatable bonds is 4. The minimum absolute atomic E-state index is 0.0403. The van der Waals surface area contributed by atoms with Gasteiger partial charge in [-0.05, 0) is 11.6 Å². The third kappa shape index (κ3) is 2.26. The van der Waals surface area contributed by atoms with Crippen LogP contribution in [0.15, 0.2) is 30.5 Å². The number of nitrogens with one attached hydrogen (secondary N) is 2. The molecule has 0 spiro atoms. The Kier molecular flexibility index (Phi) is 3.27. The number of fused-ring (bicyclic) bond motifs is 1. The summed E-state index contributed by atoms with van der Waals surface area (Å²) in [6, 6.07) is 8.76. The van der Waals surface area contributed by atoms with Gasteiger partial charge in [0.1, 0.15) is 0 Å². The van der Waals surface area contributed by atoms with Gasteiger partial charge in [0.2, 0.25) is 0 Å². The van der Waals surface area contributed by atoms with Gasteiger partial charge in [0, 0.05) is 35.7 Å². The average molecular weight is 217 g/mol. The molecule has 1 atom stereocenters. The van der Waals surface area contributed by atoms with E-state index in [0.717, 1.165) is 12.1 Å². The smallest absolute Gasteiger partial charge is 0.0457 e. The normalized spacial score (nSPS) is 13.5. The molecule has 1 heterocycles. The molecule has 0 aliphatic rings. The molecule has 1 aromatic carbocycles. The van der Waals surface area contributed by atoms with Crippen molar-refractivity contribution >= 4 is 10.9 Å². The predicted molar refractivity (Wildman–Crippen MR) is 68.4 cm³/mol. The second kappa shape index (κ2) is 4.68. The maximum Gasteiger partial charge on any atom is 0.0457 e. The molecule has 4 N–H and O–H groups in total. The lowest BCUT2D eigenvalue weighted by Crippen LogP contribution is -2.31. The molecule has 3 heteroatoms. The first-order chi connectivity index (χ1) is 7.68. The summed E-state index contributed by atoms with van der Waals surface area (Å²) in [6.07, 6.45) is 2.01. The van der Waals surface area contributed by atoms with Crippen LogP contribution in [0.2, 0.25) is 0 Å². The van der Waals surface area contributed by atoms with E-state index in [1.165, 1.54) is 10.9 Å². The Balaban J connectivity index is 2.19. The van der Waals surface area contributed by atoms with Gasteiger partial charge >= 0.3 is 0 Å². The Morgan fingerprint density at radius 3 is 2.81 bits per heavy atom. The number of para-hydroxylation sites is 1. The summed E-state index contributed by atoms with van der Waals surface area (Å²) in [5.74, 6) is 0. The van der Waals surface area contributed by atoms with Crippen LogP contribution >= 0.6 is 0 Å². The van der Waals surface area contributed by atoms with Gasteiger partial charge in [-0.3, -0.25) is 0 Å². The Morgan fingerprint density at radius 2 is 2.06 bits per heavy atom. The highest BCUT2D eigenvalue weighted by Gasteiger charge is 2.11. The Morgan fingerprint density at radius 1 is 1.31 bits per heavy atom. The number of nitrogens with two attached hydrogens (primary N) is 1. The number of hydrogen-bond donors (Lipinski definition) is 3. The van der Waals surface area contributed by atoms with Crippen LogP contribution < -0.4 is 11.1 Å². The molecule has 0 fully saturated rings. The van der Waals surface area contributed by atoms with Gasteiger partial charge in [-0.1, -0.05) is 32.0 Å². The Bertz CT molecular complexity index is 459. The zero-order chi connectivity index (χ0) is 11.5. The van der Waals surface area contributed by atoms with E-state index in [4.69, 9.17) is 5.73 Å². The monoisotopic (exact) mass is 217 g/mol. The standard InChI is InChI=1S/C13H19N3/c1-9(2)15-8-12(14)11-7-16-13-6-4-3-5-10(11)13/h3-7,9,12,15-16H,8,14H2,1-2H3. The molecule has 3 nitrogen and oxygen atoms in total.